The molecule has 1 atom stereocenters. The number of aromatic nitrogens is 2. The van der Waals surface area contributed by atoms with E-state index in [2.05, 4.69) is 10.4 Å². The van der Waals surface area contributed by atoms with Gasteiger partial charge in [-0.1, -0.05) is 0 Å². The van der Waals surface area contributed by atoms with Gasteiger partial charge in [-0.2, -0.15) is 5.10 Å². The number of alkyl halides is 1. The van der Waals surface area contributed by atoms with Crippen LogP contribution in [0.1, 0.15) is 34.8 Å². The highest BCUT2D eigenvalue weighted by molar-refractivity contribution is 6.11. The number of benzene rings is 3. The number of nitrogens with zero attached hydrogens (tertiary/aromatic N) is 2. The van der Waals surface area contributed by atoms with Crippen LogP contribution >= 0.6 is 0 Å². The number of aryl methyl sites for hydroxylation is 1. The fourth-order valence-corrected chi connectivity index (χ4v) is 3.67. The van der Waals surface area contributed by atoms with Crippen LogP contribution in [0.2, 0.25) is 0 Å². The molecule has 0 bridgehead atoms. The first-order valence-corrected chi connectivity index (χ1v) is 11.0. The van der Waals surface area contributed by atoms with Crippen molar-refractivity contribution in [2.45, 2.75) is 20.1 Å². The van der Waals surface area contributed by atoms with E-state index in [0.717, 1.165) is 22.9 Å². The molecule has 0 spiro atoms. The number of halogens is 3. The number of anilines is 1. The highest BCUT2D eigenvalue weighted by atomic mass is 19.1. The van der Waals surface area contributed by atoms with Gasteiger partial charge < -0.3 is 19.5 Å². The second-order valence-corrected chi connectivity index (χ2v) is 8.01. The lowest BCUT2D eigenvalue weighted by molar-refractivity contribution is -0.147. The minimum Gasteiger partial charge on any atom is -0.497 e. The number of amides is 1. The summed E-state index contributed by atoms with van der Waals surface area (Å²) in [5.74, 6) is -2.11. The molecular weight excluding hydrogens is 491 g/mol. The van der Waals surface area contributed by atoms with Crippen LogP contribution in [0.15, 0.2) is 54.6 Å². The van der Waals surface area contributed by atoms with Crippen LogP contribution in [0.25, 0.3) is 10.9 Å². The fraction of sp³-hybridized carbons (Fsp3) is 0.192. The number of hydrogen-bond donors (Lipinski definition) is 1. The average Bonchev–Trinajstić information content (AvgIpc) is 3.23. The maximum Gasteiger partial charge on any atom is 0.305 e. The third kappa shape index (κ3) is 5.50. The molecule has 0 radical (unpaired) electrons. The lowest BCUT2D eigenvalue weighted by Crippen LogP contribution is -2.15. The van der Waals surface area contributed by atoms with Gasteiger partial charge in [0.15, 0.2) is 5.69 Å². The molecule has 8 nitrogen and oxygen atoms in total. The van der Waals surface area contributed by atoms with E-state index in [-0.39, 0.29) is 34.7 Å². The van der Waals surface area contributed by atoms with Crippen molar-refractivity contribution in [1.29, 1.82) is 0 Å². The van der Waals surface area contributed by atoms with Gasteiger partial charge in [-0.3, -0.25) is 9.59 Å². The van der Waals surface area contributed by atoms with Gasteiger partial charge in [0, 0.05) is 29.6 Å². The molecule has 192 valence electrons. The minimum absolute atomic E-state index is 0.0483. The van der Waals surface area contributed by atoms with E-state index < -0.39 is 29.8 Å². The molecule has 0 aliphatic heterocycles. The van der Waals surface area contributed by atoms with E-state index >= 15 is 4.39 Å². The van der Waals surface area contributed by atoms with Crippen molar-refractivity contribution in [2.75, 3.05) is 19.2 Å². The van der Waals surface area contributed by atoms with Gasteiger partial charge >= 0.3 is 5.97 Å². The number of fused-ring (bicyclic) bond motifs is 1. The SMILES string of the molecule is COc1ccc(C(F)n2nc(C(=O)Nc3ccc(OCOC(C)=O)c(C)c3)c3cc(F)ccc32)c(F)c1. The maximum atomic E-state index is 15.5. The zero-order valence-corrected chi connectivity index (χ0v) is 20.1. The van der Waals surface area contributed by atoms with Crippen molar-refractivity contribution in [3.8, 4) is 11.5 Å². The summed E-state index contributed by atoms with van der Waals surface area (Å²) in [5.41, 5.74) is 0.504. The van der Waals surface area contributed by atoms with Crippen LogP contribution in [-0.4, -0.2) is 35.6 Å². The van der Waals surface area contributed by atoms with Crippen molar-refractivity contribution in [3.63, 3.8) is 0 Å². The Morgan fingerprint density at radius 3 is 2.54 bits per heavy atom. The van der Waals surface area contributed by atoms with E-state index in [0.29, 0.717) is 17.0 Å². The molecule has 11 heteroatoms. The molecule has 1 amide bonds. The first-order valence-electron chi connectivity index (χ1n) is 11.0. The Hall–Kier alpha value is -4.54. The molecule has 0 aliphatic rings. The third-order valence-electron chi connectivity index (χ3n) is 5.47. The number of hydrogen-bond acceptors (Lipinski definition) is 6. The van der Waals surface area contributed by atoms with Crippen LogP contribution in [0, 0.1) is 18.6 Å². The number of ether oxygens (including phenoxy) is 3. The van der Waals surface area contributed by atoms with Crippen LogP contribution in [0.4, 0.5) is 18.9 Å². The van der Waals surface area contributed by atoms with E-state index in [1.165, 1.54) is 32.2 Å². The normalized spacial score (nSPS) is 11.7. The quantitative estimate of drug-likeness (QED) is 0.254. The van der Waals surface area contributed by atoms with Crippen LogP contribution in [0.3, 0.4) is 0 Å². The monoisotopic (exact) mass is 513 g/mol. The van der Waals surface area contributed by atoms with Gasteiger partial charge in [0.05, 0.1) is 12.6 Å². The molecule has 1 N–H and O–H groups in total. The molecule has 3 aromatic carbocycles. The largest absolute Gasteiger partial charge is 0.497 e. The van der Waals surface area contributed by atoms with Crippen molar-refractivity contribution in [3.05, 3.63) is 83.1 Å². The molecule has 0 fully saturated rings. The summed E-state index contributed by atoms with van der Waals surface area (Å²) in [5, 5.41) is 6.76. The number of methoxy groups -OCH3 is 1. The van der Waals surface area contributed by atoms with E-state index in [9.17, 15) is 18.4 Å². The highest BCUT2D eigenvalue weighted by Gasteiger charge is 2.25. The standard InChI is InChI=1S/C26H22F3N3O5/c1-14-10-17(5-9-23(14)37-13-36-15(2)33)30-26(34)24-20-11-16(27)4-8-22(20)32(31-24)25(29)19-7-6-18(35-3)12-21(19)28/h4-12,25H,13H2,1-3H3,(H,30,34). The lowest BCUT2D eigenvalue weighted by atomic mass is 10.1. The summed E-state index contributed by atoms with van der Waals surface area (Å²) < 4.78 is 60.0. The summed E-state index contributed by atoms with van der Waals surface area (Å²) in [6.07, 6.45) is -2.10. The summed E-state index contributed by atoms with van der Waals surface area (Å²) >= 11 is 0. The van der Waals surface area contributed by atoms with Gasteiger partial charge in [0.2, 0.25) is 13.1 Å². The number of nitrogens with one attached hydrogen (secondary N) is 1. The fourth-order valence-electron chi connectivity index (χ4n) is 3.67. The summed E-state index contributed by atoms with van der Waals surface area (Å²) in [6.45, 7) is 2.70. The second kappa shape index (κ2) is 10.6. The van der Waals surface area contributed by atoms with Gasteiger partial charge in [-0.15, -0.1) is 0 Å². The van der Waals surface area contributed by atoms with Crippen LogP contribution in [0.5, 0.6) is 11.5 Å². The molecule has 4 aromatic rings. The van der Waals surface area contributed by atoms with Gasteiger partial charge in [0.1, 0.15) is 23.1 Å². The summed E-state index contributed by atoms with van der Waals surface area (Å²) in [7, 11) is 1.35. The van der Waals surface area contributed by atoms with Gasteiger partial charge in [0.25, 0.3) is 5.91 Å². The van der Waals surface area contributed by atoms with E-state index in [1.54, 1.807) is 25.1 Å². The summed E-state index contributed by atoms with van der Waals surface area (Å²) in [6, 6.07) is 11.8. The zero-order chi connectivity index (χ0) is 26.7. The molecule has 1 unspecified atom stereocenters. The minimum atomic E-state index is -2.10. The molecule has 0 aliphatic carbocycles. The predicted octanol–water partition coefficient (Wildman–Crippen LogP) is 5.30. The Bertz CT molecular complexity index is 1490. The zero-order valence-electron chi connectivity index (χ0n) is 20.1. The van der Waals surface area contributed by atoms with E-state index in [4.69, 9.17) is 14.2 Å². The lowest BCUT2D eigenvalue weighted by Gasteiger charge is -2.12. The summed E-state index contributed by atoms with van der Waals surface area (Å²) in [4.78, 5) is 24.0. The topological polar surface area (TPSA) is 91.7 Å². The Kier molecular flexibility index (Phi) is 7.32. The van der Waals surface area contributed by atoms with E-state index in [1.807, 2.05) is 0 Å². The smallest absolute Gasteiger partial charge is 0.305 e. The maximum absolute atomic E-state index is 15.5. The van der Waals surface area contributed by atoms with Crippen molar-refractivity contribution in [1.82, 2.24) is 9.78 Å². The molecule has 1 heterocycles. The number of carbonyl (C=O) groups is 2. The number of carbonyl (C=O) groups excluding carboxylic acids is 2. The first kappa shape index (κ1) is 25.5. The Morgan fingerprint density at radius 2 is 1.86 bits per heavy atom. The number of esters is 1. The van der Waals surface area contributed by atoms with Gasteiger partial charge in [-0.25, -0.2) is 17.9 Å². The Labute approximate surface area is 209 Å². The molecule has 0 saturated heterocycles. The third-order valence-corrected chi connectivity index (χ3v) is 5.47. The molecule has 4 rings (SSSR count). The second-order valence-electron chi connectivity index (χ2n) is 8.01. The highest BCUT2D eigenvalue weighted by Crippen LogP contribution is 2.31. The molecule has 0 saturated carbocycles. The van der Waals surface area contributed by atoms with Crippen LogP contribution in [-0.2, 0) is 9.53 Å². The van der Waals surface area contributed by atoms with Crippen molar-refractivity contribution in [2.24, 2.45) is 0 Å². The van der Waals surface area contributed by atoms with Crippen molar-refractivity contribution < 1.29 is 37.0 Å². The van der Waals surface area contributed by atoms with Crippen LogP contribution < -0.4 is 14.8 Å². The van der Waals surface area contributed by atoms with Crippen molar-refractivity contribution >= 4 is 28.5 Å². The Morgan fingerprint density at radius 1 is 1.08 bits per heavy atom. The first-order chi connectivity index (χ1) is 17.7. The Balaban J connectivity index is 1.63. The molecule has 37 heavy (non-hydrogen) atoms. The molecular formula is C26H22F3N3O5. The van der Waals surface area contributed by atoms with Gasteiger partial charge in [-0.05, 0) is 61.0 Å². The predicted molar refractivity (Wildman–Crippen MR) is 128 cm³/mol. The average molecular weight is 513 g/mol. The number of rotatable bonds is 8. The molecule has 1 aromatic heterocycles.